The highest BCUT2D eigenvalue weighted by Crippen LogP contribution is 2.49. The normalized spacial score (nSPS) is 19.2. The third-order valence-corrected chi connectivity index (χ3v) is 5.09. The van der Waals surface area contributed by atoms with Gasteiger partial charge in [-0.25, -0.2) is 4.98 Å². The van der Waals surface area contributed by atoms with E-state index in [0.29, 0.717) is 11.6 Å². The molecule has 1 saturated carbocycles. The fourth-order valence-corrected chi connectivity index (χ4v) is 3.42. The van der Waals surface area contributed by atoms with Crippen LogP contribution in [0.15, 0.2) is 48.7 Å². The first-order chi connectivity index (χ1) is 12.3. The SMILES string of the molecule is O=C(Nc1cccnc1OC1CCNCC1)C1(c2ccccc2)CC1. The highest BCUT2D eigenvalue weighted by molar-refractivity contribution is 6.02. The molecule has 2 fully saturated rings. The largest absolute Gasteiger partial charge is 0.473 e. The Morgan fingerprint density at radius 1 is 1.12 bits per heavy atom. The zero-order valence-corrected chi connectivity index (χ0v) is 14.2. The zero-order chi connectivity index (χ0) is 17.1. The van der Waals surface area contributed by atoms with Crippen molar-refractivity contribution in [2.24, 2.45) is 0 Å². The van der Waals surface area contributed by atoms with Gasteiger partial charge in [0.25, 0.3) is 0 Å². The monoisotopic (exact) mass is 337 g/mol. The zero-order valence-electron chi connectivity index (χ0n) is 14.2. The van der Waals surface area contributed by atoms with Crippen molar-refractivity contribution >= 4 is 11.6 Å². The van der Waals surface area contributed by atoms with Gasteiger partial charge >= 0.3 is 0 Å². The lowest BCUT2D eigenvalue weighted by atomic mass is 9.95. The molecule has 0 spiro atoms. The van der Waals surface area contributed by atoms with Gasteiger partial charge in [-0.2, -0.15) is 0 Å². The Kier molecular flexibility index (Phi) is 4.40. The van der Waals surface area contributed by atoms with Crippen LogP contribution in [0.1, 0.15) is 31.2 Å². The van der Waals surface area contributed by atoms with Crippen molar-refractivity contribution in [3.05, 3.63) is 54.2 Å². The van der Waals surface area contributed by atoms with E-state index >= 15 is 0 Å². The Morgan fingerprint density at radius 2 is 1.88 bits per heavy atom. The maximum absolute atomic E-state index is 12.9. The number of rotatable bonds is 5. The summed E-state index contributed by atoms with van der Waals surface area (Å²) in [6.07, 6.45) is 5.53. The predicted molar refractivity (Wildman–Crippen MR) is 96.7 cm³/mol. The number of hydrogen-bond donors (Lipinski definition) is 2. The second kappa shape index (κ2) is 6.84. The second-order valence-corrected chi connectivity index (χ2v) is 6.83. The fraction of sp³-hybridized carbons (Fsp3) is 0.400. The van der Waals surface area contributed by atoms with Crippen molar-refractivity contribution in [1.82, 2.24) is 10.3 Å². The molecule has 5 heteroatoms. The maximum atomic E-state index is 12.9. The Hall–Kier alpha value is -2.40. The van der Waals surface area contributed by atoms with E-state index in [-0.39, 0.29) is 12.0 Å². The van der Waals surface area contributed by atoms with Crippen LogP contribution < -0.4 is 15.4 Å². The molecule has 25 heavy (non-hydrogen) atoms. The number of amides is 1. The lowest BCUT2D eigenvalue weighted by Crippen LogP contribution is -2.34. The van der Waals surface area contributed by atoms with Crippen LogP contribution in [0.2, 0.25) is 0 Å². The number of anilines is 1. The molecular weight excluding hydrogens is 314 g/mol. The van der Waals surface area contributed by atoms with E-state index in [9.17, 15) is 4.79 Å². The summed E-state index contributed by atoms with van der Waals surface area (Å²) in [5.41, 5.74) is 1.34. The van der Waals surface area contributed by atoms with Gasteiger partial charge in [0.05, 0.1) is 5.41 Å². The number of carbonyl (C=O) groups excluding carboxylic acids is 1. The average Bonchev–Trinajstić information content (AvgIpc) is 3.47. The van der Waals surface area contributed by atoms with Gasteiger partial charge in [-0.15, -0.1) is 0 Å². The van der Waals surface area contributed by atoms with Gasteiger partial charge < -0.3 is 15.4 Å². The molecule has 2 heterocycles. The Morgan fingerprint density at radius 3 is 2.60 bits per heavy atom. The molecule has 1 aliphatic heterocycles. The molecule has 1 aliphatic carbocycles. The van der Waals surface area contributed by atoms with Gasteiger partial charge in [0.15, 0.2) is 0 Å². The van der Waals surface area contributed by atoms with Gasteiger partial charge in [-0.1, -0.05) is 30.3 Å². The highest BCUT2D eigenvalue weighted by Gasteiger charge is 2.51. The number of nitrogens with zero attached hydrogens (tertiary/aromatic N) is 1. The molecule has 0 radical (unpaired) electrons. The van der Waals surface area contributed by atoms with E-state index in [1.807, 2.05) is 42.5 Å². The van der Waals surface area contributed by atoms with Crippen molar-refractivity contribution in [1.29, 1.82) is 0 Å². The topological polar surface area (TPSA) is 63.2 Å². The average molecular weight is 337 g/mol. The van der Waals surface area contributed by atoms with Gasteiger partial charge in [0.2, 0.25) is 11.8 Å². The Bertz CT molecular complexity index is 738. The number of ether oxygens (including phenoxy) is 1. The van der Waals surface area contributed by atoms with Crippen molar-refractivity contribution in [3.63, 3.8) is 0 Å². The molecule has 1 saturated heterocycles. The number of hydrogen-bond acceptors (Lipinski definition) is 4. The molecule has 130 valence electrons. The quantitative estimate of drug-likeness (QED) is 0.881. The van der Waals surface area contributed by atoms with Crippen LogP contribution in [0, 0.1) is 0 Å². The molecule has 5 nitrogen and oxygen atoms in total. The van der Waals surface area contributed by atoms with Crippen molar-refractivity contribution in [3.8, 4) is 5.88 Å². The molecule has 2 aromatic rings. The maximum Gasteiger partial charge on any atom is 0.238 e. The first kappa shape index (κ1) is 16.1. The Labute approximate surface area is 147 Å². The van der Waals surface area contributed by atoms with Crippen molar-refractivity contribution in [2.45, 2.75) is 37.2 Å². The van der Waals surface area contributed by atoms with E-state index in [1.165, 1.54) is 0 Å². The number of pyridine rings is 1. The van der Waals surface area contributed by atoms with Gasteiger partial charge in [0, 0.05) is 6.20 Å². The number of benzene rings is 1. The molecule has 0 bridgehead atoms. The molecule has 1 aromatic heterocycles. The molecule has 0 unspecified atom stereocenters. The number of aromatic nitrogens is 1. The molecule has 2 aliphatic rings. The minimum atomic E-state index is -0.400. The van der Waals surface area contributed by atoms with E-state index in [0.717, 1.165) is 44.3 Å². The minimum absolute atomic E-state index is 0.0295. The summed E-state index contributed by atoms with van der Waals surface area (Å²) < 4.78 is 6.06. The van der Waals surface area contributed by atoms with Crippen molar-refractivity contribution in [2.75, 3.05) is 18.4 Å². The molecule has 1 aromatic carbocycles. The number of nitrogens with one attached hydrogen (secondary N) is 2. The lowest BCUT2D eigenvalue weighted by Gasteiger charge is -2.24. The van der Waals surface area contributed by atoms with Gasteiger partial charge in [0.1, 0.15) is 11.8 Å². The Balaban J connectivity index is 1.50. The van der Waals surface area contributed by atoms with E-state index in [2.05, 4.69) is 15.6 Å². The van der Waals surface area contributed by atoms with Crippen LogP contribution in [0.3, 0.4) is 0 Å². The summed E-state index contributed by atoms with van der Waals surface area (Å²) in [6.45, 7) is 1.91. The van der Waals surface area contributed by atoms with Gasteiger partial charge in [-0.3, -0.25) is 4.79 Å². The number of piperidine rings is 1. The van der Waals surface area contributed by atoms with Crippen LogP contribution in [-0.4, -0.2) is 30.1 Å². The summed E-state index contributed by atoms with van der Waals surface area (Å²) in [6, 6.07) is 13.7. The third kappa shape index (κ3) is 3.37. The van der Waals surface area contributed by atoms with Crippen LogP contribution in [0.25, 0.3) is 0 Å². The fourth-order valence-electron chi connectivity index (χ4n) is 3.42. The van der Waals surface area contributed by atoms with E-state index in [1.54, 1.807) is 6.20 Å². The predicted octanol–water partition coefficient (Wildman–Crippen LogP) is 2.88. The summed E-state index contributed by atoms with van der Waals surface area (Å²) in [7, 11) is 0. The summed E-state index contributed by atoms with van der Waals surface area (Å²) in [5.74, 6) is 0.550. The summed E-state index contributed by atoms with van der Waals surface area (Å²) >= 11 is 0. The van der Waals surface area contributed by atoms with Crippen LogP contribution >= 0.6 is 0 Å². The van der Waals surface area contributed by atoms with Crippen LogP contribution in [-0.2, 0) is 10.2 Å². The van der Waals surface area contributed by atoms with E-state index < -0.39 is 5.41 Å². The lowest BCUT2D eigenvalue weighted by molar-refractivity contribution is -0.118. The molecule has 4 rings (SSSR count). The molecule has 0 atom stereocenters. The molecular formula is C20H23N3O2. The summed E-state index contributed by atoms with van der Waals surface area (Å²) in [4.78, 5) is 17.3. The minimum Gasteiger partial charge on any atom is -0.473 e. The molecule has 2 N–H and O–H groups in total. The second-order valence-electron chi connectivity index (χ2n) is 6.83. The van der Waals surface area contributed by atoms with Crippen LogP contribution in [0.5, 0.6) is 5.88 Å². The molecule has 1 amide bonds. The van der Waals surface area contributed by atoms with Gasteiger partial charge in [-0.05, 0) is 56.5 Å². The number of carbonyl (C=O) groups is 1. The first-order valence-corrected chi connectivity index (χ1v) is 8.97. The van der Waals surface area contributed by atoms with E-state index in [4.69, 9.17) is 4.74 Å². The van der Waals surface area contributed by atoms with Crippen molar-refractivity contribution < 1.29 is 9.53 Å². The summed E-state index contributed by atoms with van der Waals surface area (Å²) in [5, 5.41) is 6.38. The highest BCUT2D eigenvalue weighted by atomic mass is 16.5. The third-order valence-electron chi connectivity index (χ3n) is 5.09. The first-order valence-electron chi connectivity index (χ1n) is 8.97. The smallest absolute Gasteiger partial charge is 0.238 e. The van der Waals surface area contributed by atoms with Crippen LogP contribution in [0.4, 0.5) is 5.69 Å². The standard InChI is InChI=1S/C20H23N3O2/c24-19(20(10-11-20)15-5-2-1-3-6-15)23-17-7-4-12-22-18(17)25-16-8-13-21-14-9-16/h1-7,12,16,21H,8-11,13-14H2,(H,23,24).